The van der Waals surface area contributed by atoms with Gasteiger partial charge >= 0.3 is 5.97 Å². The molecule has 1 aliphatic carbocycles. The number of nitrogens with one attached hydrogen (secondary N) is 1. The van der Waals surface area contributed by atoms with Crippen LogP contribution in [0.4, 0.5) is 0 Å². The maximum Gasteiger partial charge on any atom is 0.322 e. The average Bonchev–Trinajstić information content (AvgIpc) is 2.83. The first-order valence-corrected chi connectivity index (χ1v) is 4.62. The van der Waals surface area contributed by atoms with Crippen LogP contribution in [0.2, 0.25) is 0 Å². The Hall–Kier alpha value is -0.570. The van der Waals surface area contributed by atoms with Gasteiger partial charge in [-0.2, -0.15) is 0 Å². The number of hydrogen-bond donors (Lipinski definition) is 1. The lowest BCUT2D eigenvalue weighted by Gasteiger charge is -2.06. The van der Waals surface area contributed by atoms with Crippen LogP contribution in [0.3, 0.4) is 0 Å². The van der Waals surface area contributed by atoms with Gasteiger partial charge in [-0.25, -0.2) is 0 Å². The van der Waals surface area contributed by atoms with Gasteiger partial charge in [0.25, 0.3) is 0 Å². The molecule has 1 saturated heterocycles. The predicted molar refractivity (Wildman–Crippen MR) is 44.6 cm³/mol. The average molecular weight is 169 g/mol. The molecule has 1 N–H and O–H groups in total. The highest BCUT2D eigenvalue weighted by molar-refractivity contribution is 5.76. The van der Waals surface area contributed by atoms with Crippen LogP contribution in [0.1, 0.15) is 19.3 Å². The predicted octanol–water partition coefficient (Wildman–Crippen LogP) is 0.547. The normalized spacial score (nSPS) is 35.1. The van der Waals surface area contributed by atoms with Gasteiger partial charge in [-0.3, -0.25) is 4.79 Å². The topological polar surface area (TPSA) is 38.3 Å². The molecule has 0 spiro atoms. The molecule has 0 aromatic heterocycles. The molecule has 1 aliphatic heterocycles. The van der Waals surface area contributed by atoms with Crippen LogP contribution < -0.4 is 5.32 Å². The summed E-state index contributed by atoms with van der Waals surface area (Å²) in [6, 6.07) is -0.0272. The third kappa shape index (κ3) is 1.46. The molecule has 0 radical (unpaired) electrons. The smallest absolute Gasteiger partial charge is 0.322 e. The fourth-order valence-electron chi connectivity index (χ4n) is 2.01. The first kappa shape index (κ1) is 8.05. The summed E-state index contributed by atoms with van der Waals surface area (Å²) < 4.78 is 4.68. The molecule has 68 valence electrons. The third-order valence-corrected chi connectivity index (χ3v) is 2.94. The molecule has 2 rings (SSSR count). The van der Waals surface area contributed by atoms with E-state index in [0.29, 0.717) is 0 Å². The van der Waals surface area contributed by atoms with Gasteiger partial charge in [0.2, 0.25) is 0 Å². The fraction of sp³-hybridized carbons (Fsp3) is 0.889. The maximum atomic E-state index is 11.1. The molecular weight excluding hydrogens is 154 g/mol. The Kier molecular flexibility index (Phi) is 2.05. The van der Waals surface area contributed by atoms with E-state index in [1.165, 1.54) is 20.0 Å². The lowest BCUT2D eigenvalue weighted by atomic mass is 10.0. The molecule has 0 amide bonds. The second-order valence-electron chi connectivity index (χ2n) is 3.82. The Morgan fingerprint density at radius 1 is 1.42 bits per heavy atom. The van der Waals surface area contributed by atoms with Crippen molar-refractivity contribution in [2.24, 2.45) is 11.8 Å². The van der Waals surface area contributed by atoms with Crippen LogP contribution in [-0.2, 0) is 9.53 Å². The number of hydrogen-bond acceptors (Lipinski definition) is 3. The number of rotatable bonds is 2. The molecule has 3 heteroatoms. The lowest BCUT2D eigenvalue weighted by Crippen LogP contribution is -2.31. The molecule has 1 saturated carbocycles. The van der Waals surface area contributed by atoms with Gasteiger partial charge in [0.15, 0.2) is 0 Å². The maximum absolute atomic E-state index is 11.1. The minimum atomic E-state index is -0.0989. The number of ether oxygens (including phenoxy) is 1. The highest BCUT2D eigenvalue weighted by Gasteiger charge is 2.38. The molecule has 12 heavy (non-hydrogen) atoms. The van der Waals surface area contributed by atoms with Gasteiger partial charge in [-0.15, -0.1) is 0 Å². The molecule has 2 aliphatic rings. The van der Waals surface area contributed by atoms with E-state index < -0.39 is 0 Å². The van der Waals surface area contributed by atoms with Crippen molar-refractivity contribution < 1.29 is 9.53 Å². The summed E-state index contributed by atoms with van der Waals surface area (Å²) in [4.78, 5) is 11.1. The van der Waals surface area contributed by atoms with Gasteiger partial charge in [-0.05, 0) is 37.6 Å². The van der Waals surface area contributed by atoms with Crippen LogP contribution in [0.15, 0.2) is 0 Å². The minimum absolute atomic E-state index is 0.0272. The zero-order chi connectivity index (χ0) is 8.55. The van der Waals surface area contributed by atoms with Crippen molar-refractivity contribution in [1.29, 1.82) is 0 Å². The van der Waals surface area contributed by atoms with Crippen LogP contribution in [0, 0.1) is 11.8 Å². The number of carbonyl (C=O) groups is 1. The summed E-state index contributed by atoms with van der Waals surface area (Å²) in [5, 5.41) is 3.20. The Bertz CT molecular complexity index is 189. The van der Waals surface area contributed by atoms with E-state index in [1.807, 2.05) is 0 Å². The summed E-state index contributed by atoms with van der Waals surface area (Å²) >= 11 is 0. The number of esters is 1. The van der Waals surface area contributed by atoms with Crippen LogP contribution in [-0.4, -0.2) is 25.7 Å². The van der Waals surface area contributed by atoms with Gasteiger partial charge in [0.05, 0.1) is 7.11 Å². The number of methoxy groups -OCH3 is 1. The van der Waals surface area contributed by atoms with Gasteiger partial charge < -0.3 is 10.1 Å². The van der Waals surface area contributed by atoms with E-state index in [4.69, 9.17) is 0 Å². The molecule has 0 unspecified atom stereocenters. The molecular formula is C9H15NO2. The summed E-state index contributed by atoms with van der Waals surface area (Å²) in [7, 11) is 1.45. The SMILES string of the molecule is COC(=O)[C@@H]1C[C@@H](C2CC2)CN1. The quantitative estimate of drug-likeness (QED) is 0.613. The van der Waals surface area contributed by atoms with Crippen molar-refractivity contribution in [2.75, 3.05) is 13.7 Å². The van der Waals surface area contributed by atoms with Gasteiger partial charge in [-0.1, -0.05) is 0 Å². The van der Waals surface area contributed by atoms with Crippen molar-refractivity contribution in [3.63, 3.8) is 0 Å². The lowest BCUT2D eigenvalue weighted by molar-refractivity contribution is -0.142. The van der Waals surface area contributed by atoms with Crippen molar-refractivity contribution >= 4 is 5.97 Å². The van der Waals surface area contributed by atoms with E-state index in [0.717, 1.165) is 24.8 Å². The van der Waals surface area contributed by atoms with E-state index in [2.05, 4.69) is 10.1 Å². The van der Waals surface area contributed by atoms with Gasteiger partial charge in [0.1, 0.15) is 6.04 Å². The van der Waals surface area contributed by atoms with E-state index >= 15 is 0 Å². The Morgan fingerprint density at radius 3 is 2.75 bits per heavy atom. The first-order chi connectivity index (χ1) is 5.81. The minimum Gasteiger partial charge on any atom is -0.468 e. The monoisotopic (exact) mass is 169 g/mol. The zero-order valence-corrected chi connectivity index (χ0v) is 7.38. The third-order valence-electron chi connectivity index (χ3n) is 2.94. The molecule has 2 atom stereocenters. The second kappa shape index (κ2) is 3.05. The summed E-state index contributed by atoms with van der Waals surface area (Å²) in [6.07, 6.45) is 3.71. The van der Waals surface area contributed by atoms with Crippen LogP contribution in [0.5, 0.6) is 0 Å². The summed E-state index contributed by atoms with van der Waals surface area (Å²) in [5.41, 5.74) is 0. The second-order valence-corrected chi connectivity index (χ2v) is 3.82. The van der Waals surface area contributed by atoms with Crippen molar-refractivity contribution in [3.05, 3.63) is 0 Å². The van der Waals surface area contributed by atoms with Crippen molar-refractivity contribution in [3.8, 4) is 0 Å². The molecule has 2 fully saturated rings. The van der Waals surface area contributed by atoms with Crippen LogP contribution in [0.25, 0.3) is 0 Å². The first-order valence-electron chi connectivity index (χ1n) is 4.62. The van der Waals surface area contributed by atoms with E-state index in [1.54, 1.807) is 0 Å². The molecule has 3 nitrogen and oxygen atoms in total. The Labute approximate surface area is 72.5 Å². The van der Waals surface area contributed by atoms with Crippen LogP contribution >= 0.6 is 0 Å². The van der Waals surface area contributed by atoms with Crippen molar-refractivity contribution in [2.45, 2.75) is 25.3 Å². The van der Waals surface area contributed by atoms with Crippen molar-refractivity contribution in [1.82, 2.24) is 5.32 Å². The largest absolute Gasteiger partial charge is 0.468 e. The summed E-state index contributed by atoms with van der Waals surface area (Å²) in [5.74, 6) is 1.53. The molecule has 0 bridgehead atoms. The Balaban J connectivity index is 1.84. The molecule has 0 aromatic carbocycles. The standard InChI is InChI=1S/C9H15NO2/c1-12-9(11)8-4-7(5-10-8)6-2-3-6/h6-8,10H,2-5H2,1H3/t7-,8+/m1/s1. The number of carbonyl (C=O) groups excluding carboxylic acids is 1. The molecule has 0 aromatic rings. The van der Waals surface area contributed by atoms with E-state index in [-0.39, 0.29) is 12.0 Å². The fourth-order valence-corrected chi connectivity index (χ4v) is 2.01. The van der Waals surface area contributed by atoms with Gasteiger partial charge in [0, 0.05) is 0 Å². The highest BCUT2D eigenvalue weighted by Crippen LogP contribution is 2.40. The summed E-state index contributed by atoms with van der Waals surface area (Å²) in [6.45, 7) is 1.00. The molecule has 1 heterocycles. The zero-order valence-electron chi connectivity index (χ0n) is 7.38. The van der Waals surface area contributed by atoms with E-state index in [9.17, 15) is 4.79 Å². The highest BCUT2D eigenvalue weighted by atomic mass is 16.5. The Morgan fingerprint density at radius 2 is 2.17 bits per heavy atom.